The molecule has 2 aliphatic rings. The Morgan fingerprint density at radius 3 is 2.92 bits per heavy atom. The minimum atomic E-state index is 0.542. The highest BCUT2D eigenvalue weighted by Crippen LogP contribution is 2.25. The molecule has 0 fully saturated rings. The highest BCUT2D eigenvalue weighted by atomic mass is 35.5. The van der Waals surface area contributed by atoms with Crippen LogP contribution in [0.1, 0.15) is 11.3 Å². The first kappa shape index (κ1) is 14.7. The average Bonchev–Trinajstić information content (AvgIpc) is 3.26. The Bertz CT molecular complexity index is 919. The number of halogens is 1. The van der Waals surface area contributed by atoms with Gasteiger partial charge in [0.15, 0.2) is 17.3 Å². The molecule has 24 heavy (non-hydrogen) atoms. The molecule has 120 valence electrons. The van der Waals surface area contributed by atoms with E-state index < -0.39 is 0 Å². The largest absolute Gasteiger partial charge is 0.467 e. The minimum Gasteiger partial charge on any atom is -0.467 e. The van der Waals surface area contributed by atoms with E-state index in [-0.39, 0.29) is 0 Å². The Balaban J connectivity index is 1.59. The number of imidazole rings is 1. The van der Waals surface area contributed by atoms with Gasteiger partial charge in [-0.3, -0.25) is 0 Å². The number of hydrogen-bond acceptors (Lipinski definition) is 5. The normalized spacial score (nSPS) is 11.0. The second-order valence-corrected chi connectivity index (χ2v) is 5.77. The van der Waals surface area contributed by atoms with Crippen molar-refractivity contribution in [3.63, 3.8) is 0 Å². The van der Waals surface area contributed by atoms with Gasteiger partial charge in [0, 0.05) is 5.02 Å². The van der Waals surface area contributed by atoms with Crippen LogP contribution in [0.25, 0.3) is 11.5 Å². The smallest absolute Gasteiger partial charge is 0.165 e. The number of benzene rings is 1. The zero-order chi connectivity index (χ0) is 16.4. The van der Waals surface area contributed by atoms with E-state index in [1.807, 2.05) is 41.0 Å². The van der Waals surface area contributed by atoms with Crippen LogP contribution in [0, 0.1) is 0 Å². The Hall–Kier alpha value is -2.86. The van der Waals surface area contributed by atoms with Crippen molar-refractivity contribution in [2.24, 2.45) is 0 Å². The summed E-state index contributed by atoms with van der Waals surface area (Å²) in [4.78, 5) is 13.2. The lowest BCUT2D eigenvalue weighted by Gasteiger charge is -2.14. The zero-order valence-electron chi connectivity index (χ0n) is 12.7. The maximum absolute atomic E-state index is 6.05. The number of nitrogens with one attached hydrogen (secondary N) is 1. The third kappa shape index (κ3) is 2.96. The lowest BCUT2D eigenvalue weighted by Crippen LogP contribution is -2.10. The Labute approximate surface area is 143 Å². The SMILES string of the molecule is Clc1cccc(Cn2cnc(NCc3ccco3)c3ncnc2-3)c1. The molecule has 0 saturated carbocycles. The molecular formula is C17H14ClN5O. The van der Waals surface area contributed by atoms with Crippen molar-refractivity contribution in [1.82, 2.24) is 19.5 Å². The van der Waals surface area contributed by atoms with Gasteiger partial charge in [-0.1, -0.05) is 23.7 Å². The van der Waals surface area contributed by atoms with Crippen molar-refractivity contribution >= 4 is 17.4 Å². The van der Waals surface area contributed by atoms with Crippen LogP contribution in [0.2, 0.25) is 5.02 Å². The van der Waals surface area contributed by atoms with Gasteiger partial charge in [0.1, 0.15) is 12.1 Å². The van der Waals surface area contributed by atoms with E-state index in [1.165, 1.54) is 0 Å². The summed E-state index contributed by atoms with van der Waals surface area (Å²) < 4.78 is 7.27. The van der Waals surface area contributed by atoms with E-state index in [2.05, 4.69) is 20.3 Å². The summed E-state index contributed by atoms with van der Waals surface area (Å²) in [7, 11) is 0. The number of rotatable bonds is 5. The van der Waals surface area contributed by atoms with E-state index in [9.17, 15) is 0 Å². The van der Waals surface area contributed by atoms with Gasteiger partial charge in [-0.05, 0) is 29.8 Å². The van der Waals surface area contributed by atoms with E-state index in [4.69, 9.17) is 16.0 Å². The van der Waals surface area contributed by atoms with Crippen molar-refractivity contribution in [3.05, 3.63) is 71.7 Å². The van der Waals surface area contributed by atoms with Crippen LogP contribution in [0.3, 0.4) is 0 Å². The fourth-order valence-corrected chi connectivity index (χ4v) is 2.75. The lowest BCUT2D eigenvalue weighted by molar-refractivity contribution is 0.517. The summed E-state index contributed by atoms with van der Waals surface area (Å²) in [5.74, 6) is 2.29. The third-order valence-electron chi connectivity index (χ3n) is 3.65. The Kier molecular flexibility index (Phi) is 3.88. The Morgan fingerprint density at radius 1 is 1.12 bits per heavy atom. The molecule has 0 spiro atoms. The van der Waals surface area contributed by atoms with Gasteiger partial charge in [-0.2, -0.15) is 0 Å². The third-order valence-corrected chi connectivity index (χ3v) is 3.89. The van der Waals surface area contributed by atoms with Gasteiger partial charge < -0.3 is 14.3 Å². The molecule has 0 radical (unpaired) electrons. The van der Waals surface area contributed by atoms with Gasteiger partial charge in [-0.25, -0.2) is 15.0 Å². The highest BCUT2D eigenvalue weighted by molar-refractivity contribution is 6.30. The first-order valence-electron chi connectivity index (χ1n) is 7.46. The zero-order valence-corrected chi connectivity index (χ0v) is 13.4. The fraction of sp³-hybridized carbons (Fsp3) is 0.118. The van der Waals surface area contributed by atoms with Crippen LogP contribution in [-0.2, 0) is 13.1 Å². The summed E-state index contributed by atoms with van der Waals surface area (Å²) in [6.45, 7) is 1.17. The molecule has 7 heteroatoms. The van der Waals surface area contributed by atoms with Gasteiger partial charge in [0.25, 0.3) is 0 Å². The lowest BCUT2D eigenvalue weighted by atomic mass is 10.2. The second kappa shape index (κ2) is 6.33. The average molecular weight is 340 g/mol. The molecule has 3 heterocycles. The topological polar surface area (TPSA) is 68.8 Å². The van der Waals surface area contributed by atoms with Crippen LogP contribution in [-0.4, -0.2) is 19.5 Å². The summed E-state index contributed by atoms with van der Waals surface area (Å²) in [6, 6.07) is 11.5. The standard InChI is InChI=1S/C17H14ClN5O/c18-13-4-1-3-12(7-13)9-23-11-22-16(15-17(23)21-10-20-15)19-8-14-5-2-6-24-14/h1-7,10-11,19H,8-9H2. The van der Waals surface area contributed by atoms with E-state index in [1.54, 1.807) is 18.9 Å². The molecular weight excluding hydrogens is 326 g/mol. The molecule has 0 atom stereocenters. The van der Waals surface area contributed by atoms with Crippen LogP contribution >= 0.6 is 11.6 Å². The quantitative estimate of drug-likeness (QED) is 0.600. The number of nitrogens with zero attached hydrogens (tertiary/aromatic N) is 4. The molecule has 6 nitrogen and oxygen atoms in total. The highest BCUT2D eigenvalue weighted by Gasteiger charge is 2.17. The predicted octanol–water partition coefficient (Wildman–Crippen LogP) is 3.68. The van der Waals surface area contributed by atoms with Crippen molar-refractivity contribution in [3.8, 4) is 11.5 Å². The number of furan rings is 1. The Morgan fingerprint density at radius 2 is 2.08 bits per heavy atom. The van der Waals surface area contributed by atoms with E-state index >= 15 is 0 Å². The molecule has 0 unspecified atom stereocenters. The first-order valence-corrected chi connectivity index (χ1v) is 7.84. The van der Waals surface area contributed by atoms with Crippen LogP contribution in [0.5, 0.6) is 0 Å². The van der Waals surface area contributed by atoms with Gasteiger partial charge >= 0.3 is 0 Å². The summed E-state index contributed by atoms with van der Waals surface area (Å²) in [5.41, 5.74) is 1.81. The monoisotopic (exact) mass is 339 g/mol. The van der Waals surface area contributed by atoms with E-state index in [0.29, 0.717) is 23.9 Å². The van der Waals surface area contributed by atoms with Crippen molar-refractivity contribution in [2.45, 2.75) is 13.1 Å². The molecule has 1 aromatic carbocycles. The van der Waals surface area contributed by atoms with Crippen molar-refractivity contribution < 1.29 is 4.42 Å². The van der Waals surface area contributed by atoms with Crippen LogP contribution in [0.15, 0.2) is 59.7 Å². The number of fused-ring (bicyclic) bond motifs is 1. The fourth-order valence-electron chi connectivity index (χ4n) is 2.54. The summed E-state index contributed by atoms with van der Waals surface area (Å²) >= 11 is 6.05. The molecule has 1 aromatic heterocycles. The molecule has 0 aliphatic carbocycles. The van der Waals surface area contributed by atoms with E-state index in [0.717, 1.165) is 22.8 Å². The predicted molar refractivity (Wildman–Crippen MR) is 91.0 cm³/mol. The van der Waals surface area contributed by atoms with Gasteiger partial charge in [-0.15, -0.1) is 0 Å². The molecule has 1 N–H and O–H groups in total. The molecule has 2 aromatic rings. The maximum Gasteiger partial charge on any atom is 0.165 e. The van der Waals surface area contributed by atoms with Gasteiger partial charge in [0.2, 0.25) is 0 Å². The molecule has 2 aliphatic heterocycles. The number of anilines is 1. The first-order chi connectivity index (χ1) is 11.8. The number of aromatic nitrogens is 4. The molecule has 0 amide bonds. The van der Waals surface area contributed by atoms with Crippen molar-refractivity contribution in [2.75, 3.05) is 5.32 Å². The van der Waals surface area contributed by atoms with Crippen LogP contribution < -0.4 is 5.32 Å². The second-order valence-electron chi connectivity index (χ2n) is 5.33. The maximum atomic E-state index is 6.05. The minimum absolute atomic E-state index is 0.542. The number of hydrogen-bond donors (Lipinski definition) is 1. The molecule has 0 saturated heterocycles. The van der Waals surface area contributed by atoms with Gasteiger partial charge in [0.05, 0.1) is 25.7 Å². The molecule has 0 bridgehead atoms. The van der Waals surface area contributed by atoms with Crippen molar-refractivity contribution in [1.29, 1.82) is 0 Å². The summed E-state index contributed by atoms with van der Waals surface area (Å²) in [6.07, 6.45) is 4.94. The summed E-state index contributed by atoms with van der Waals surface area (Å²) in [5, 5.41) is 3.95. The molecule has 4 rings (SSSR count). The van der Waals surface area contributed by atoms with Crippen LogP contribution in [0.4, 0.5) is 5.82 Å².